The van der Waals surface area contributed by atoms with E-state index in [1.165, 1.54) is 23.6 Å². The van der Waals surface area contributed by atoms with E-state index in [1.807, 2.05) is 18.2 Å². The zero-order valence-corrected chi connectivity index (χ0v) is 20.8. The average Bonchev–Trinajstić information content (AvgIpc) is 3.69. The highest BCUT2D eigenvalue weighted by Gasteiger charge is 2.25. The van der Waals surface area contributed by atoms with Crippen LogP contribution in [0.5, 0.6) is 0 Å². The molecule has 5 rings (SSSR count). The highest BCUT2D eigenvalue weighted by atomic mass is 19.1. The molecule has 3 aromatic carbocycles. The number of hydrogen-bond donors (Lipinski definition) is 2. The van der Waals surface area contributed by atoms with E-state index in [0.717, 1.165) is 17.7 Å². The van der Waals surface area contributed by atoms with E-state index in [2.05, 4.69) is 26.6 Å². The minimum atomic E-state index is -0.563. The molecule has 1 amide bonds. The van der Waals surface area contributed by atoms with Crippen LogP contribution in [0.25, 0.3) is 10.5 Å². The fourth-order valence-corrected chi connectivity index (χ4v) is 4.38. The number of anilines is 1. The zero-order chi connectivity index (χ0) is 26.6. The summed E-state index contributed by atoms with van der Waals surface area (Å²) in [6.45, 7) is 9.84. The number of carbonyl (C=O) groups excluding carboxylic acids is 1. The van der Waals surface area contributed by atoms with Crippen molar-refractivity contribution in [3.8, 4) is 11.8 Å². The monoisotopic (exact) mass is 504 g/mol. The van der Waals surface area contributed by atoms with Gasteiger partial charge in [-0.1, -0.05) is 30.3 Å². The van der Waals surface area contributed by atoms with Crippen LogP contribution in [0.3, 0.4) is 0 Å². The first kappa shape index (κ1) is 24.9. The summed E-state index contributed by atoms with van der Waals surface area (Å²) in [4.78, 5) is 16.8. The Labute approximate surface area is 220 Å². The van der Waals surface area contributed by atoms with Gasteiger partial charge in [0.25, 0.3) is 5.91 Å². The van der Waals surface area contributed by atoms with Crippen LogP contribution in [-0.2, 0) is 0 Å². The van der Waals surface area contributed by atoms with Crippen molar-refractivity contribution < 1.29 is 9.18 Å². The lowest BCUT2D eigenvalue weighted by molar-refractivity contribution is 0.101. The van der Waals surface area contributed by atoms with Crippen LogP contribution >= 0.6 is 0 Å². The van der Waals surface area contributed by atoms with E-state index < -0.39 is 11.7 Å². The Bertz CT molecular complexity index is 1590. The Kier molecular flexibility index (Phi) is 6.99. The second kappa shape index (κ2) is 10.7. The molecule has 7 nitrogen and oxygen atoms in total. The number of aryl methyl sites for hydroxylation is 1. The van der Waals surface area contributed by atoms with E-state index in [4.69, 9.17) is 6.57 Å². The first-order chi connectivity index (χ1) is 18.4. The van der Waals surface area contributed by atoms with Crippen LogP contribution in [0.15, 0.2) is 72.8 Å². The number of aromatic nitrogens is 2. The van der Waals surface area contributed by atoms with Crippen molar-refractivity contribution in [3.63, 3.8) is 0 Å². The fraction of sp³-hybridized carbons (Fsp3) is 0.200. The van der Waals surface area contributed by atoms with Gasteiger partial charge < -0.3 is 10.6 Å². The van der Waals surface area contributed by atoms with Crippen LogP contribution in [0.4, 0.5) is 15.8 Å². The predicted octanol–water partition coefficient (Wildman–Crippen LogP) is 6.08. The topological polar surface area (TPSA) is 87.1 Å². The lowest BCUT2D eigenvalue weighted by Gasteiger charge is -2.21. The van der Waals surface area contributed by atoms with Crippen LogP contribution in [0, 0.1) is 36.6 Å². The molecule has 1 fully saturated rings. The zero-order valence-electron chi connectivity index (χ0n) is 20.8. The standard InChI is InChI=1S/C30H25FN6O/c1-19-13-28(37(36-19)25-8-4-7-24(16-25)33-2)30(38)35-27-15-23(11-12-26(27)31)29(34-18-20-9-10-20)22-6-3-5-21(14-22)17-32/h3-8,11-16,20,29,34H,9-10,18H2,1H3,(H,35,38). The average molecular weight is 505 g/mol. The molecule has 0 saturated heterocycles. The van der Waals surface area contributed by atoms with E-state index >= 15 is 0 Å². The molecule has 188 valence electrons. The van der Waals surface area contributed by atoms with Gasteiger partial charge in [0.2, 0.25) is 0 Å². The van der Waals surface area contributed by atoms with Gasteiger partial charge in [0, 0.05) is 0 Å². The van der Waals surface area contributed by atoms with E-state index in [0.29, 0.717) is 28.6 Å². The summed E-state index contributed by atoms with van der Waals surface area (Å²) in [5, 5.41) is 20.1. The lowest BCUT2D eigenvalue weighted by atomic mass is 9.96. The van der Waals surface area contributed by atoms with Crippen molar-refractivity contribution >= 4 is 17.3 Å². The number of hydrogen-bond acceptors (Lipinski definition) is 4. The van der Waals surface area contributed by atoms with Crippen molar-refractivity contribution in [2.45, 2.75) is 25.8 Å². The summed E-state index contributed by atoms with van der Waals surface area (Å²) < 4.78 is 16.4. The van der Waals surface area contributed by atoms with Crippen molar-refractivity contribution in [2.24, 2.45) is 5.92 Å². The molecule has 0 aliphatic heterocycles. The van der Waals surface area contributed by atoms with E-state index in [-0.39, 0.29) is 17.4 Å². The largest absolute Gasteiger partial charge is 0.318 e. The first-order valence-electron chi connectivity index (χ1n) is 12.3. The summed E-state index contributed by atoms with van der Waals surface area (Å²) >= 11 is 0. The van der Waals surface area contributed by atoms with E-state index in [9.17, 15) is 14.4 Å². The minimum absolute atomic E-state index is 0.0440. The molecule has 1 atom stereocenters. The number of carbonyl (C=O) groups is 1. The molecule has 1 unspecified atom stereocenters. The summed E-state index contributed by atoms with van der Waals surface area (Å²) in [5.74, 6) is -0.475. The number of halogens is 1. The maximum atomic E-state index is 14.9. The third-order valence-corrected chi connectivity index (χ3v) is 6.50. The summed E-state index contributed by atoms with van der Waals surface area (Å²) in [5.41, 5.74) is 4.07. The molecular weight excluding hydrogens is 479 g/mol. The van der Waals surface area contributed by atoms with Crippen molar-refractivity contribution in [1.29, 1.82) is 5.26 Å². The Morgan fingerprint density at radius 3 is 2.71 bits per heavy atom. The molecule has 0 radical (unpaired) electrons. The molecular formula is C30H25FN6O. The molecule has 8 heteroatoms. The molecule has 2 N–H and O–H groups in total. The van der Waals surface area contributed by atoms with Crippen LogP contribution in [0.1, 0.15) is 51.8 Å². The van der Waals surface area contributed by atoms with Crippen molar-refractivity contribution in [3.05, 3.63) is 118 Å². The van der Waals surface area contributed by atoms with E-state index in [1.54, 1.807) is 55.5 Å². The normalized spacial score (nSPS) is 13.4. The van der Waals surface area contributed by atoms with Gasteiger partial charge in [0.15, 0.2) is 5.69 Å². The number of nitrogens with zero attached hydrogens (tertiary/aromatic N) is 4. The SMILES string of the molecule is [C-]#[N+]c1cccc(-n2nc(C)cc2C(=O)Nc2cc(C(NCC3CC3)c3cccc(C#N)c3)ccc2F)c1. The van der Waals surface area contributed by atoms with Gasteiger partial charge >= 0.3 is 0 Å². The summed E-state index contributed by atoms with van der Waals surface area (Å²) in [6.07, 6.45) is 2.35. The van der Waals surface area contributed by atoms with Gasteiger partial charge in [-0.2, -0.15) is 10.4 Å². The van der Waals surface area contributed by atoms with Crippen LogP contribution in [-0.4, -0.2) is 22.2 Å². The number of rotatable bonds is 8. The summed E-state index contributed by atoms with van der Waals surface area (Å²) in [7, 11) is 0. The van der Waals surface area contributed by atoms with Gasteiger partial charge in [-0.3, -0.25) is 4.79 Å². The van der Waals surface area contributed by atoms with Gasteiger partial charge in [-0.15, -0.1) is 0 Å². The predicted molar refractivity (Wildman–Crippen MR) is 143 cm³/mol. The minimum Gasteiger partial charge on any atom is -0.318 e. The molecule has 1 aromatic heterocycles. The second-order valence-corrected chi connectivity index (χ2v) is 9.43. The maximum absolute atomic E-state index is 14.9. The Morgan fingerprint density at radius 1 is 1.16 bits per heavy atom. The van der Waals surface area contributed by atoms with Crippen LogP contribution in [0.2, 0.25) is 0 Å². The fourth-order valence-electron chi connectivity index (χ4n) is 4.38. The van der Waals surface area contributed by atoms with Gasteiger partial charge in [0.05, 0.1) is 41.3 Å². The first-order valence-corrected chi connectivity index (χ1v) is 12.3. The molecule has 1 aliphatic carbocycles. The molecule has 0 bridgehead atoms. The van der Waals surface area contributed by atoms with Crippen molar-refractivity contribution in [2.75, 3.05) is 11.9 Å². The molecule has 1 aliphatic rings. The number of benzene rings is 3. The van der Waals surface area contributed by atoms with Crippen molar-refractivity contribution in [1.82, 2.24) is 15.1 Å². The third-order valence-electron chi connectivity index (χ3n) is 6.50. The Hall–Kier alpha value is -4.79. The second-order valence-electron chi connectivity index (χ2n) is 9.43. The number of amides is 1. The lowest BCUT2D eigenvalue weighted by Crippen LogP contribution is -2.25. The highest BCUT2D eigenvalue weighted by Crippen LogP contribution is 2.32. The third kappa shape index (κ3) is 5.46. The molecule has 4 aromatic rings. The van der Waals surface area contributed by atoms with Gasteiger partial charge in [-0.05, 0) is 85.8 Å². The smallest absolute Gasteiger partial charge is 0.274 e. The van der Waals surface area contributed by atoms with Gasteiger partial charge in [-0.25, -0.2) is 13.9 Å². The summed E-state index contributed by atoms with van der Waals surface area (Å²) in [6, 6.07) is 22.3. The quantitative estimate of drug-likeness (QED) is 0.285. The Balaban J connectivity index is 1.46. The highest BCUT2D eigenvalue weighted by molar-refractivity contribution is 6.03. The molecule has 1 saturated carbocycles. The Morgan fingerprint density at radius 2 is 1.95 bits per heavy atom. The van der Waals surface area contributed by atoms with Crippen LogP contribution < -0.4 is 10.6 Å². The molecule has 38 heavy (non-hydrogen) atoms. The number of nitriles is 1. The van der Waals surface area contributed by atoms with Gasteiger partial charge in [0.1, 0.15) is 11.5 Å². The maximum Gasteiger partial charge on any atom is 0.274 e. The molecule has 0 spiro atoms. The molecule has 1 heterocycles. The number of nitrogens with one attached hydrogen (secondary N) is 2.